The summed E-state index contributed by atoms with van der Waals surface area (Å²) in [5, 5.41) is 12.3. The zero-order valence-corrected chi connectivity index (χ0v) is 11.1. The predicted molar refractivity (Wildman–Crippen MR) is 72.5 cm³/mol. The van der Waals surface area contributed by atoms with E-state index in [1.165, 1.54) is 4.90 Å². The number of rotatable bonds is 6. The van der Waals surface area contributed by atoms with Crippen molar-refractivity contribution in [1.82, 2.24) is 5.32 Å². The van der Waals surface area contributed by atoms with E-state index in [0.29, 0.717) is 10.7 Å². The van der Waals surface area contributed by atoms with Gasteiger partial charge in [-0.25, -0.2) is 0 Å². The van der Waals surface area contributed by atoms with Gasteiger partial charge >= 0.3 is 5.97 Å². The number of benzene rings is 1. The second-order valence-electron chi connectivity index (χ2n) is 4.57. The number of halogens is 1. The Kier molecular flexibility index (Phi) is 4.27. The van der Waals surface area contributed by atoms with Crippen LogP contribution in [0.15, 0.2) is 24.3 Å². The van der Waals surface area contributed by atoms with Gasteiger partial charge in [-0.1, -0.05) is 11.6 Å². The molecule has 0 saturated heterocycles. The third-order valence-electron chi connectivity index (χ3n) is 2.79. The number of carbonyl (C=O) groups excluding carboxylic acids is 1. The Morgan fingerprint density at radius 1 is 1.26 bits per heavy atom. The van der Waals surface area contributed by atoms with Gasteiger partial charge in [0, 0.05) is 16.8 Å². The van der Waals surface area contributed by atoms with Crippen LogP contribution in [0.5, 0.6) is 0 Å². The molecule has 1 aromatic carbocycles. The van der Waals surface area contributed by atoms with Gasteiger partial charge < -0.3 is 15.3 Å². The molecule has 102 valence electrons. The number of carboxylic acids is 1. The van der Waals surface area contributed by atoms with Crippen LogP contribution in [0.25, 0.3) is 0 Å². The van der Waals surface area contributed by atoms with E-state index >= 15 is 0 Å². The van der Waals surface area contributed by atoms with Crippen LogP contribution in [0.3, 0.4) is 0 Å². The molecule has 0 heterocycles. The molecule has 0 aromatic heterocycles. The summed E-state index contributed by atoms with van der Waals surface area (Å²) in [7, 11) is 0. The molecule has 1 aromatic rings. The summed E-state index contributed by atoms with van der Waals surface area (Å²) in [5.74, 6) is -1.13. The van der Waals surface area contributed by atoms with E-state index in [4.69, 9.17) is 16.7 Å². The van der Waals surface area contributed by atoms with Crippen molar-refractivity contribution in [3.8, 4) is 0 Å². The van der Waals surface area contributed by atoms with E-state index in [9.17, 15) is 9.59 Å². The number of nitrogens with zero attached hydrogens (tertiary/aromatic N) is 1. The fourth-order valence-electron chi connectivity index (χ4n) is 1.73. The van der Waals surface area contributed by atoms with Crippen molar-refractivity contribution in [2.45, 2.75) is 18.9 Å². The van der Waals surface area contributed by atoms with E-state index in [0.717, 1.165) is 12.8 Å². The van der Waals surface area contributed by atoms with Gasteiger partial charge in [0.05, 0.1) is 6.54 Å². The van der Waals surface area contributed by atoms with Gasteiger partial charge in [-0.3, -0.25) is 9.59 Å². The smallest absolute Gasteiger partial charge is 0.323 e. The lowest BCUT2D eigenvalue weighted by Gasteiger charge is -2.22. The second kappa shape index (κ2) is 5.93. The summed E-state index contributed by atoms with van der Waals surface area (Å²) in [4.78, 5) is 24.1. The van der Waals surface area contributed by atoms with Crippen LogP contribution in [-0.4, -0.2) is 36.1 Å². The summed E-state index contributed by atoms with van der Waals surface area (Å²) < 4.78 is 0. The molecule has 5 nitrogen and oxygen atoms in total. The summed E-state index contributed by atoms with van der Waals surface area (Å²) in [6, 6.07) is 7.02. The van der Waals surface area contributed by atoms with Gasteiger partial charge in [0.15, 0.2) is 0 Å². The number of hydrogen-bond donors (Lipinski definition) is 2. The number of carboxylic acid groups (broad SMARTS) is 1. The highest BCUT2D eigenvalue weighted by Gasteiger charge is 2.24. The van der Waals surface area contributed by atoms with Gasteiger partial charge in [-0.2, -0.15) is 0 Å². The van der Waals surface area contributed by atoms with Crippen molar-refractivity contribution >= 4 is 29.2 Å². The van der Waals surface area contributed by atoms with E-state index in [1.54, 1.807) is 24.3 Å². The molecule has 1 amide bonds. The van der Waals surface area contributed by atoms with Gasteiger partial charge in [-0.15, -0.1) is 0 Å². The van der Waals surface area contributed by atoms with Crippen LogP contribution in [-0.2, 0) is 9.59 Å². The van der Waals surface area contributed by atoms with E-state index < -0.39 is 5.97 Å². The van der Waals surface area contributed by atoms with Crippen LogP contribution < -0.4 is 10.2 Å². The highest BCUT2D eigenvalue weighted by atomic mass is 35.5. The third-order valence-corrected chi connectivity index (χ3v) is 3.05. The normalized spacial score (nSPS) is 13.9. The SMILES string of the molecule is O=C(O)CN(CC(=O)NC1CC1)c1ccc(Cl)cc1. The molecule has 2 rings (SSSR count). The lowest BCUT2D eigenvalue weighted by molar-refractivity contribution is -0.135. The molecule has 19 heavy (non-hydrogen) atoms. The van der Waals surface area contributed by atoms with Crippen molar-refractivity contribution < 1.29 is 14.7 Å². The monoisotopic (exact) mass is 282 g/mol. The Hall–Kier alpha value is -1.75. The number of aliphatic carboxylic acids is 1. The van der Waals surface area contributed by atoms with Crippen LogP contribution >= 0.6 is 11.6 Å². The number of carbonyl (C=O) groups is 2. The molecule has 0 bridgehead atoms. The average Bonchev–Trinajstić information content (AvgIpc) is 3.12. The number of hydrogen-bond acceptors (Lipinski definition) is 3. The highest BCUT2D eigenvalue weighted by Crippen LogP contribution is 2.20. The fourth-order valence-corrected chi connectivity index (χ4v) is 1.85. The van der Waals surface area contributed by atoms with Gasteiger partial charge in [0.2, 0.25) is 5.91 Å². The Bertz CT molecular complexity index is 471. The van der Waals surface area contributed by atoms with E-state index in [1.807, 2.05) is 0 Å². The molecule has 1 saturated carbocycles. The van der Waals surface area contributed by atoms with E-state index in [2.05, 4.69) is 5.32 Å². The molecule has 0 unspecified atom stereocenters. The van der Waals surface area contributed by atoms with Crippen LogP contribution in [0, 0.1) is 0 Å². The average molecular weight is 283 g/mol. The summed E-state index contributed by atoms with van der Waals surface area (Å²) in [5.41, 5.74) is 0.665. The van der Waals surface area contributed by atoms with Crippen molar-refractivity contribution in [1.29, 1.82) is 0 Å². The van der Waals surface area contributed by atoms with E-state index in [-0.39, 0.29) is 25.0 Å². The van der Waals surface area contributed by atoms with Crippen molar-refractivity contribution in [2.24, 2.45) is 0 Å². The van der Waals surface area contributed by atoms with Gasteiger partial charge in [0.1, 0.15) is 6.54 Å². The molecule has 6 heteroatoms. The Balaban J connectivity index is 2.03. The molecular formula is C13H15ClN2O3. The molecule has 0 radical (unpaired) electrons. The zero-order chi connectivity index (χ0) is 13.8. The molecule has 1 aliphatic rings. The summed E-state index contributed by atoms with van der Waals surface area (Å²) in [6.45, 7) is -0.190. The van der Waals surface area contributed by atoms with Crippen LogP contribution in [0.1, 0.15) is 12.8 Å². The minimum Gasteiger partial charge on any atom is -0.480 e. The molecule has 0 aliphatic heterocycles. The Morgan fingerprint density at radius 2 is 1.89 bits per heavy atom. The highest BCUT2D eigenvalue weighted by molar-refractivity contribution is 6.30. The second-order valence-corrected chi connectivity index (χ2v) is 5.00. The summed E-state index contributed by atoms with van der Waals surface area (Å²) >= 11 is 5.79. The van der Waals surface area contributed by atoms with Crippen LogP contribution in [0.4, 0.5) is 5.69 Å². The number of anilines is 1. The molecule has 0 atom stereocenters. The topological polar surface area (TPSA) is 69.6 Å². The molecule has 2 N–H and O–H groups in total. The molecule has 1 fully saturated rings. The lowest BCUT2D eigenvalue weighted by Crippen LogP contribution is -2.40. The standard InChI is InChI=1S/C13H15ClN2O3/c14-9-1-5-11(6-2-9)16(8-13(18)19)7-12(17)15-10-3-4-10/h1-2,5-6,10H,3-4,7-8H2,(H,15,17)(H,18,19). The first kappa shape index (κ1) is 13.7. The van der Waals surface area contributed by atoms with Gasteiger partial charge in [-0.05, 0) is 37.1 Å². The fraction of sp³-hybridized carbons (Fsp3) is 0.385. The maximum absolute atomic E-state index is 11.8. The Morgan fingerprint density at radius 3 is 2.42 bits per heavy atom. The van der Waals surface area contributed by atoms with Crippen molar-refractivity contribution in [2.75, 3.05) is 18.0 Å². The molecule has 0 spiro atoms. The molecular weight excluding hydrogens is 268 g/mol. The maximum atomic E-state index is 11.8. The first-order chi connectivity index (χ1) is 9.04. The van der Waals surface area contributed by atoms with Crippen molar-refractivity contribution in [3.63, 3.8) is 0 Å². The van der Waals surface area contributed by atoms with Gasteiger partial charge in [0.25, 0.3) is 0 Å². The van der Waals surface area contributed by atoms with Crippen LogP contribution in [0.2, 0.25) is 5.02 Å². The number of amides is 1. The minimum atomic E-state index is -0.978. The predicted octanol–water partition coefficient (Wildman–Crippen LogP) is 1.51. The lowest BCUT2D eigenvalue weighted by atomic mass is 10.2. The number of nitrogens with one attached hydrogen (secondary N) is 1. The maximum Gasteiger partial charge on any atom is 0.323 e. The summed E-state index contributed by atoms with van der Waals surface area (Å²) in [6.07, 6.45) is 2.01. The molecule has 1 aliphatic carbocycles. The Labute approximate surface area is 116 Å². The minimum absolute atomic E-state index is 0.0322. The first-order valence-corrected chi connectivity index (χ1v) is 6.44. The zero-order valence-electron chi connectivity index (χ0n) is 10.3. The largest absolute Gasteiger partial charge is 0.480 e. The quantitative estimate of drug-likeness (QED) is 0.830. The third kappa shape index (κ3) is 4.44. The first-order valence-electron chi connectivity index (χ1n) is 6.06. The van der Waals surface area contributed by atoms with Crippen molar-refractivity contribution in [3.05, 3.63) is 29.3 Å².